The third kappa shape index (κ3) is 2.00. The van der Waals surface area contributed by atoms with Gasteiger partial charge in [-0.1, -0.05) is 15.9 Å². The van der Waals surface area contributed by atoms with Crippen LogP contribution >= 0.6 is 15.9 Å². The fourth-order valence-corrected chi connectivity index (χ4v) is 1.92. The molecule has 0 aromatic heterocycles. The molecule has 0 aromatic carbocycles. The lowest BCUT2D eigenvalue weighted by atomic mass is 10.1. The summed E-state index contributed by atoms with van der Waals surface area (Å²) in [6.07, 6.45) is 5.29. The normalized spacial score (nSPS) is 22.8. The van der Waals surface area contributed by atoms with E-state index in [2.05, 4.69) is 21.2 Å². The molecule has 68 valence electrons. The van der Waals surface area contributed by atoms with E-state index in [9.17, 15) is 4.79 Å². The van der Waals surface area contributed by atoms with Gasteiger partial charge in [0.2, 0.25) is 5.91 Å². The summed E-state index contributed by atoms with van der Waals surface area (Å²) in [5, 5.41) is 3.55. The average molecular weight is 232 g/mol. The molecular formula is C9H14BrNO. The van der Waals surface area contributed by atoms with Gasteiger partial charge in [0.05, 0.1) is 5.33 Å². The summed E-state index contributed by atoms with van der Waals surface area (Å²) in [7, 11) is 0. The van der Waals surface area contributed by atoms with Crippen molar-refractivity contribution in [2.45, 2.75) is 31.7 Å². The van der Waals surface area contributed by atoms with Crippen LogP contribution in [-0.4, -0.2) is 17.3 Å². The van der Waals surface area contributed by atoms with E-state index in [-0.39, 0.29) is 5.91 Å². The monoisotopic (exact) mass is 231 g/mol. The van der Waals surface area contributed by atoms with Gasteiger partial charge < -0.3 is 5.32 Å². The Bertz CT molecular complexity index is 175. The van der Waals surface area contributed by atoms with Crippen LogP contribution in [0.5, 0.6) is 0 Å². The minimum Gasteiger partial charge on any atom is -0.352 e. The molecule has 1 N–H and O–H groups in total. The number of hydrogen-bond acceptors (Lipinski definition) is 1. The van der Waals surface area contributed by atoms with E-state index in [1.807, 2.05) is 0 Å². The zero-order valence-electron chi connectivity index (χ0n) is 7.05. The second kappa shape index (κ2) is 3.36. The molecule has 0 aromatic rings. The van der Waals surface area contributed by atoms with Crippen molar-refractivity contribution in [3.05, 3.63) is 0 Å². The maximum Gasteiger partial charge on any atom is 0.230 e. The van der Waals surface area contributed by atoms with Crippen molar-refractivity contribution in [3.8, 4) is 0 Å². The fraction of sp³-hybridized carbons (Fsp3) is 0.889. The molecule has 0 saturated heterocycles. The molecule has 1 amide bonds. The molecule has 0 bridgehead atoms. The van der Waals surface area contributed by atoms with E-state index in [0.29, 0.717) is 11.4 Å². The molecule has 0 aliphatic heterocycles. The van der Waals surface area contributed by atoms with Gasteiger partial charge in [-0.05, 0) is 37.5 Å². The number of hydrogen-bond donors (Lipinski definition) is 1. The van der Waals surface area contributed by atoms with Crippen molar-refractivity contribution in [3.63, 3.8) is 0 Å². The zero-order valence-corrected chi connectivity index (χ0v) is 8.64. The minimum atomic E-state index is 0.152. The number of alkyl halides is 1. The Labute approximate surface area is 81.2 Å². The summed E-state index contributed by atoms with van der Waals surface area (Å²) >= 11 is 3.17. The van der Waals surface area contributed by atoms with Gasteiger partial charge in [0.15, 0.2) is 0 Å². The van der Waals surface area contributed by atoms with E-state index in [4.69, 9.17) is 0 Å². The van der Waals surface area contributed by atoms with Crippen LogP contribution in [0.3, 0.4) is 0 Å². The number of halogens is 1. The second-order valence-corrected chi connectivity index (χ2v) is 4.46. The quantitative estimate of drug-likeness (QED) is 0.734. The van der Waals surface area contributed by atoms with Gasteiger partial charge in [-0.2, -0.15) is 0 Å². The lowest BCUT2D eigenvalue weighted by molar-refractivity contribution is -0.119. The molecule has 0 unspecified atom stereocenters. The molecule has 2 aliphatic carbocycles. The highest BCUT2D eigenvalue weighted by atomic mass is 79.9. The van der Waals surface area contributed by atoms with E-state index >= 15 is 0 Å². The van der Waals surface area contributed by atoms with Gasteiger partial charge in [0, 0.05) is 6.04 Å². The predicted molar refractivity (Wildman–Crippen MR) is 51.2 cm³/mol. The van der Waals surface area contributed by atoms with Gasteiger partial charge >= 0.3 is 0 Å². The lowest BCUT2D eigenvalue weighted by Crippen LogP contribution is -2.38. The Balaban J connectivity index is 1.83. The summed E-state index contributed by atoms with van der Waals surface area (Å²) in [5.41, 5.74) is 0. The Morgan fingerprint density at radius 3 is 2.17 bits per heavy atom. The molecule has 12 heavy (non-hydrogen) atoms. The van der Waals surface area contributed by atoms with Gasteiger partial charge in [-0.15, -0.1) is 0 Å². The number of nitrogens with one attached hydrogen (secondary N) is 1. The topological polar surface area (TPSA) is 29.1 Å². The number of carbonyl (C=O) groups excluding carboxylic acids is 1. The lowest BCUT2D eigenvalue weighted by Gasteiger charge is -2.16. The Morgan fingerprint density at radius 1 is 1.33 bits per heavy atom. The van der Waals surface area contributed by atoms with Crippen LogP contribution < -0.4 is 5.32 Å². The van der Waals surface area contributed by atoms with Crippen LogP contribution in [0.1, 0.15) is 25.7 Å². The van der Waals surface area contributed by atoms with Gasteiger partial charge in [0.1, 0.15) is 0 Å². The summed E-state index contributed by atoms with van der Waals surface area (Å²) < 4.78 is 0. The molecule has 0 heterocycles. The van der Waals surface area contributed by atoms with Crippen LogP contribution in [0.15, 0.2) is 0 Å². The number of carbonyl (C=O) groups is 1. The standard InChI is InChI=1S/C9H14BrNO/c10-5-8(12)11-9(6-1-2-6)7-3-4-7/h6-7,9H,1-5H2,(H,11,12). The van der Waals surface area contributed by atoms with Crippen molar-refractivity contribution in [2.75, 3.05) is 5.33 Å². The first kappa shape index (κ1) is 8.54. The maximum absolute atomic E-state index is 11.1. The van der Waals surface area contributed by atoms with Crippen LogP contribution in [0.2, 0.25) is 0 Å². The van der Waals surface area contributed by atoms with Crippen LogP contribution in [0.25, 0.3) is 0 Å². The van der Waals surface area contributed by atoms with Gasteiger partial charge in [-0.25, -0.2) is 0 Å². The summed E-state index contributed by atoms with van der Waals surface area (Å²) in [6, 6.07) is 0.509. The molecule has 0 radical (unpaired) electrons. The highest BCUT2D eigenvalue weighted by Gasteiger charge is 2.41. The first-order valence-corrected chi connectivity index (χ1v) is 5.78. The first-order valence-electron chi connectivity index (χ1n) is 4.66. The molecule has 2 aliphatic rings. The molecule has 0 atom stereocenters. The predicted octanol–water partition coefficient (Wildman–Crippen LogP) is 1.69. The Morgan fingerprint density at radius 2 is 1.83 bits per heavy atom. The number of amides is 1. The van der Waals surface area contributed by atoms with Crippen molar-refractivity contribution in [1.29, 1.82) is 0 Å². The van der Waals surface area contributed by atoms with Crippen LogP contribution in [0.4, 0.5) is 0 Å². The summed E-state index contributed by atoms with van der Waals surface area (Å²) in [4.78, 5) is 11.1. The smallest absolute Gasteiger partial charge is 0.230 e. The van der Waals surface area contributed by atoms with Gasteiger partial charge in [-0.3, -0.25) is 4.79 Å². The van der Waals surface area contributed by atoms with E-state index in [1.54, 1.807) is 0 Å². The first-order chi connectivity index (χ1) is 5.81. The van der Waals surface area contributed by atoms with E-state index < -0.39 is 0 Å². The fourth-order valence-electron chi connectivity index (χ4n) is 1.76. The molecule has 2 rings (SSSR count). The van der Waals surface area contributed by atoms with Crippen molar-refractivity contribution in [1.82, 2.24) is 5.32 Å². The highest BCUT2D eigenvalue weighted by Crippen LogP contribution is 2.44. The third-order valence-corrected chi connectivity index (χ3v) is 3.22. The average Bonchev–Trinajstić information content (AvgIpc) is 2.87. The van der Waals surface area contributed by atoms with Crippen molar-refractivity contribution >= 4 is 21.8 Å². The molecule has 2 saturated carbocycles. The summed E-state index contributed by atoms with van der Waals surface area (Å²) in [5.74, 6) is 1.76. The SMILES string of the molecule is O=C(CBr)NC(C1CC1)C1CC1. The molecule has 0 spiro atoms. The van der Waals surface area contributed by atoms with E-state index in [1.165, 1.54) is 25.7 Å². The largest absolute Gasteiger partial charge is 0.352 e. The second-order valence-electron chi connectivity index (χ2n) is 3.90. The number of rotatable bonds is 4. The Hall–Kier alpha value is -0.0500. The van der Waals surface area contributed by atoms with Crippen LogP contribution in [-0.2, 0) is 4.79 Å². The van der Waals surface area contributed by atoms with Gasteiger partial charge in [0.25, 0.3) is 0 Å². The zero-order chi connectivity index (χ0) is 8.55. The molecule has 3 heteroatoms. The molecular weight excluding hydrogens is 218 g/mol. The van der Waals surface area contributed by atoms with Crippen molar-refractivity contribution in [2.24, 2.45) is 11.8 Å². The molecule has 2 fully saturated rings. The minimum absolute atomic E-state index is 0.152. The van der Waals surface area contributed by atoms with Crippen molar-refractivity contribution < 1.29 is 4.79 Å². The van der Waals surface area contributed by atoms with Crippen LogP contribution in [0, 0.1) is 11.8 Å². The van der Waals surface area contributed by atoms with E-state index in [0.717, 1.165) is 11.8 Å². The third-order valence-electron chi connectivity index (χ3n) is 2.71. The Kier molecular flexibility index (Phi) is 2.40. The highest BCUT2D eigenvalue weighted by molar-refractivity contribution is 9.09. The maximum atomic E-state index is 11.1. The summed E-state index contributed by atoms with van der Waals surface area (Å²) in [6.45, 7) is 0. The molecule has 2 nitrogen and oxygen atoms in total.